The summed E-state index contributed by atoms with van der Waals surface area (Å²) in [7, 11) is 0. The number of carboxylic acids is 1. The summed E-state index contributed by atoms with van der Waals surface area (Å²) in [5.74, 6) is -0.775. The van der Waals surface area contributed by atoms with E-state index < -0.39 is 17.9 Å². The smallest absolute Gasteiger partial charge is 0.326 e. The largest absolute Gasteiger partial charge is 0.480 e. The maximum Gasteiger partial charge on any atom is 0.326 e. The third kappa shape index (κ3) is 5.25. The number of nitrogens with one attached hydrogen (secondary N) is 1. The van der Waals surface area contributed by atoms with E-state index in [0.29, 0.717) is 18.4 Å². The number of pyridine rings is 1. The van der Waals surface area contributed by atoms with Crippen molar-refractivity contribution in [3.8, 4) is 5.88 Å². The number of carbonyl (C=O) groups is 2. The molecule has 1 aliphatic rings. The molecule has 1 aliphatic carbocycles. The molecule has 124 valence electrons. The standard InChI is InChI=1S/C16H19ClN2O4/c1-2-3-4-13(16(21)22)19-14(20)11-7-12(17)15(18-8-11)23-9-10-5-6-10/h2-3,7-8,10,13H,4-6,9H2,1H3,(H,19,20)(H,21,22)/b3-2+. The molecular formula is C16H19ClN2O4. The second kappa shape index (κ2) is 7.97. The number of aliphatic carboxylic acids is 1. The van der Waals surface area contributed by atoms with Crippen molar-refractivity contribution in [2.24, 2.45) is 5.92 Å². The van der Waals surface area contributed by atoms with Gasteiger partial charge in [-0.15, -0.1) is 0 Å². The van der Waals surface area contributed by atoms with Crippen LogP contribution in [0.25, 0.3) is 0 Å². The van der Waals surface area contributed by atoms with Gasteiger partial charge in [0.25, 0.3) is 5.91 Å². The SMILES string of the molecule is C/C=C/CC(NC(=O)c1cnc(OCC2CC2)c(Cl)c1)C(=O)O. The van der Waals surface area contributed by atoms with Gasteiger partial charge in [0, 0.05) is 6.20 Å². The molecule has 1 amide bonds. The van der Waals surface area contributed by atoms with Crippen molar-refractivity contribution >= 4 is 23.5 Å². The van der Waals surface area contributed by atoms with Crippen LogP contribution in [0.2, 0.25) is 5.02 Å². The average molecular weight is 339 g/mol. The van der Waals surface area contributed by atoms with Crippen LogP contribution in [-0.4, -0.2) is 34.6 Å². The normalized spacial score (nSPS) is 15.4. The van der Waals surface area contributed by atoms with E-state index in [1.807, 2.05) is 0 Å². The minimum absolute atomic E-state index is 0.195. The lowest BCUT2D eigenvalue weighted by Gasteiger charge is -2.13. The molecule has 0 aliphatic heterocycles. The summed E-state index contributed by atoms with van der Waals surface area (Å²) in [6, 6.07) is 0.434. The second-order valence-corrected chi connectivity index (χ2v) is 5.84. The monoisotopic (exact) mass is 338 g/mol. The highest BCUT2D eigenvalue weighted by molar-refractivity contribution is 6.32. The molecule has 0 aromatic carbocycles. The molecule has 1 aromatic heterocycles. The van der Waals surface area contributed by atoms with Gasteiger partial charge in [-0.05, 0) is 38.2 Å². The van der Waals surface area contributed by atoms with Crippen LogP contribution in [0.4, 0.5) is 0 Å². The molecule has 1 aromatic rings. The Balaban J connectivity index is 2.00. The molecule has 1 fully saturated rings. The molecule has 0 spiro atoms. The zero-order chi connectivity index (χ0) is 16.8. The van der Waals surface area contributed by atoms with Gasteiger partial charge in [0.2, 0.25) is 5.88 Å². The summed E-state index contributed by atoms with van der Waals surface area (Å²) >= 11 is 6.07. The Morgan fingerprint density at radius 1 is 1.57 bits per heavy atom. The molecule has 1 atom stereocenters. The van der Waals surface area contributed by atoms with Crippen LogP contribution in [0.15, 0.2) is 24.4 Å². The number of carbonyl (C=O) groups excluding carboxylic acids is 1. The van der Waals surface area contributed by atoms with Crippen molar-refractivity contribution in [3.63, 3.8) is 0 Å². The number of hydrogen-bond donors (Lipinski definition) is 2. The summed E-state index contributed by atoms with van der Waals surface area (Å²) in [5.41, 5.74) is 0.195. The minimum Gasteiger partial charge on any atom is -0.480 e. The fraction of sp³-hybridized carbons (Fsp3) is 0.438. The van der Waals surface area contributed by atoms with Gasteiger partial charge in [-0.3, -0.25) is 4.79 Å². The maximum atomic E-state index is 12.1. The van der Waals surface area contributed by atoms with Crippen molar-refractivity contribution in [3.05, 3.63) is 35.0 Å². The lowest BCUT2D eigenvalue weighted by Crippen LogP contribution is -2.40. The predicted molar refractivity (Wildman–Crippen MR) is 85.8 cm³/mol. The zero-order valence-corrected chi connectivity index (χ0v) is 13.5. The molecule has 2 rings (SSSR count). The molecule has 23 heavy (non-hydrogen) atoms. The molecule has 1 saturated carbocycles. The number of rotatable bonds is 8. The third-order valence-corrected chi connectivity index (χ3v) is 3.70. The van der Waals surface area contributed by atoms with E-state index in [2.05, 4.69) is 10.3 Å². The Bertz CT molecular complexity index is 614. The first-order valence-corrected chi connectivity index (χ1v) is 7.82. The number of aromatic nitrogens is 1. The molecule has 2 N–H and O–H groups in total. The van der Waals surface area contributed by atoms with E-state index in [-0.39, 0.29) is 17.0 Å². The molecule has 0 saturated heterocycles. The van der Waals surface area contributed by atoms with Gasteiger partial charge < -0.3 is 15.2 Å². The van der Waals surface area contributed by atoms with Crippen molar-refractivity contribution < 1.29 is 19.4 Å². The summed E-state index contributed by atoms with van der Waals surface area (Å²) in [6.07, 6.45) is 7.26. The molecule has 0 bridgehead atoms. The molecule has 0 radical (unpaired) electrons. The number of carboxylic acid groups (broad SMARTS) is 1. The van der Waals surface area contributed by atoms with E-state index >= 15 is 0 Å². The van der Waals surface area contributed by atoms with Gasteiger partial charge in [-0.25, -0.2) is 9.78 Å². The Hall–Kier alpha value is -2.08. The number of ether oxygens (including phenoxy) is 1. The Morgan fingerprint density at radius 2 is 2.30 bits per heavy atom. The van der Waals surface area contributed by atoms with Crippen molar-refractivity contribution in [1.29, 1.82) is 0 Å². The van der Waals surface area contributed by atoms with Crippen molar-refractivity contribution in [2.45, 2.75) is 32.2 Å². The number of halogens is 1. The number of allylic oxidation sites excluding steroid dienone is 1. The van der Waals surface area contributed by atoms with Crippen LogP contribution in [0.5, 0.6) is 5.88 Å². The topological polar surface area (TPSA) is 88.5 Å². The lowest BCUT2D eigenvalue weighted by molar-refractivity contribution is -0.139. The fourth-order valence-electron chi connectivity index (χ4n) is 1.87. The summed E-state index contributed by atoms with van der Waals surface area (Å²) in [6.45, 7) is 2.35. The lowest BCUT2D eigenvalue weighted by atomic mass is 10.1. The van der Waals surface area contributed by atoms with Crippen LogP contribution in [-0.2, 0) is 4.79 Å². The number of hydrogen-bond acceptors (Lipinski definition) is 4. The molecule has 7 heteroatoms. The first kappa shape index (κ1) is 17.3. The van der Waals surface area contributed by atoms with Crippen LogP contribution in [0, 0.1) is 5.92 Å². The fourth-order valence-corrected chi connectivity index (χ4v) is 2.09. The van der Waals surface area contributed by atoms with Gasteiger partial charge in [0.1, 0.15) is 11.1 Å². The molecule has 1 unspecified atom stereocenters. The highest BCUT2D eigenvalue weighted by Gasteiger charge is 2.23. The van der Waals surface area contributed by atoms with E-state index in [0.717, 1.165) is 12.8 Å². The van der Waals surface area contributed by atoms with Crippen LogP contribution < -0.4 is 10.1 Å². The first-order chi connectivity index (χ1) is 11.0. The van der Waals surface area contributed by atoms with E-state index in [4.69, 9.17) is 21.4 Å². The molecular weight excluding hydrogens is 320 g/mol. The van der Waals surface area contributed by atoms with Gasteiger partial charge in [0.15, 0.2) is 0 Å². The highest BCUT2D eigenvalue weighted by Crippen LogP contribution is 2.31. The number of nitrogens with zero attached hydrogens (tertiary/aromatic N) is 1. The van der Waals surface area contributed by atoms with Crippen molar-refractivity contribution in [1.82, 2.24) is 10.3 Å². The van der Waals surface area contributed by atoms with Crippen LogP contribution in [0.3, 0.4) is 0 Å². The van der Waals surface area contributed by atoms with Gasteiger partial charge in [0.05, 0.1) is 12.2 Å². The first-order valence-electron chi connectivity index (χ1n) is 7.44. The number of amides is 1. The molecule has 1 heterocycles. The average Bonchev–Trinajstić information content (AvgIpc) is 3.33. The van der Waals surface area contributed by atoms with Gasteiger partial charge in [-0.1, -0.05) is 23.8 Å². The van der Waals surface area contributed by atoms with E-state index in [1.54, 1.807) is 19.1 Å². The minimum atomic E-state index is -1.10. The zero-order valence-electron chi connectivity index (χ0n) is 12.8. The van der Waals surface area contributed by atoms with E-state index in [1.165, 1.54) is 12.3 Å². The summed E-state index contributed by atoms with van der Waals surface area (Å²) < 4.78 is 5.49. The quantitative estimate of drug-likeness (QED) is 0.711. The van der Waals surface area contributed by atoms with Crippen LogP contribution >= 0.6 is 11.6 Å². The van der Waals surface area contributed by atoms with Crippen LogP contribution in [0.1, 0.15) is 36.5 Å². The van der Waals surface area contributed by atoms with Gasteiger partial charge >= 0.3 is 5.97 Å². The Kier molecular flexibility index (Phi) is 5.98. The summed E-state index contributed by atoms with van der Waals surface area (Å²) in [4.78, 5) is 27.3. The predicted octanol–water partition coefficient (Wildman–Crippen LogP) is 2.67. The highest BCUT2D eigenvalue weighted by atomic mass is 35.5. The Morgan fingerprint density at radius 3 is 2.87 bits per heavy atom. The van der Waals surface area contributed by atoms with Crippen molar-refractivity contribution in [2.75, 3.05) is 6.61 Å². The molecule has 6 nitrogen and oxygen atoms in total. The Labute approximate surface area is 139 Å². The van der Waals surface area contributed by atoms with Gasteiger partial charge in [-0.2, -0.15) is 0 Å². The second-order valence-electron chi connectivity index (χ2n) is 5.43. The van der Waals surface area contributed by atoms with E-state index in [9.17, 15) is 9.59 Å². The third-order valence-electron chi connectivity index (χ3n) is 3.43. The maximum absolute atomic E-state index is 12.1. The summed E-state index contributed by atoms with van der Waals surface area (Å²) in [5, 5.41) is 11.8.